The summed E-state index contributed by atoms with van der Waals surface area (Å²) in [5.74, 6) is 0. The second-order valence-electron chi connectivity index (χ2n) is 14.7. The predicted octanol–water partition coefficient (Wildman–Crippen LogP) is 11.1. The molecule has 0 aromatic heterocycles. The van der Waals surface area contributed by atoms with E-state index in [2.05, 4.69) is 193 Å². The van der Waals surface area contributed by atoms with Gasteiger partial charge in [0.25, 0.3) is 0 Å². The summed E-state index contributed by atoms with van der Waals surface area (Å²) in [6.45, 7) is 4.34. The van der Waals surface area contributed by atoms with Crippen LogP contribution in [0.25, 0.3) is 34.4 Å². The first kappa shape index (κ1) is 31.2. The Morgan fingerprint density at radius 3 is 1.23 bits per heavy atom. The molecule has 0 heterocycles. The van der Waals surface area contributed by atoms with E-state index in [9.17, 15) is 0 Å². The van der Waals surface area contributed by atoms with Crippen molar-refractivity contribution in [1.82, 2.24) is 0 Å². The van der Waals surface area contributed by atoms with Gasteiger partial charge < -0.3 is 0 Å². The van der Waals surface area contributed by atoms with Gasteiger partial charge in [0.1, 0.15) is 0 Å². The Kier molecular flexibility index (Phi) is 7.85. The van der Waals surface area contributed by atoms with Crippen LogP contribution in [0.3, 0.4) is 0 Å². The third-order valence-electron chi connectivity index (χ3n) is 11.4. The predicted molar refractivity (Wildman–Crippen MR) is 206 cm³/mol. The second-order valence-corrected chi connectivity index (χ2v) is 58.2. The zero-order valence-electron chi connectivity index (χ0n) is 28.3. The van der Waals surface area contributed by atoms with E-state index in [0.717, 1.165) is 0 Å². The Morgan fingerprint density at radius 1 is 0.438 bits per heavy atom. The summed E-state index contributed by atoms with van der Waals surface area (Å²) < 4.78 is 6.49. The third-order valence-corrected chi connectivity index (χ3v) is 60.5. The average Bonchev–Trinajstić information content (AvgIpc) is 3.77. The van der Waals surface area contributed by atoms with E-state index < -0.39 is 22.6 Å². The van der Waals surface area contributed by atoms with Crippen molar-refractivity contribution in [1.29, 1.82) is 0 Å². The Labute approximate surface area is 287 Å². The van der Waals surface area contributed by atoms with Crippen molar-refractivity contribution >= 4 is 28.0 Å². The molecule has 0 amide bonds. The van der Waals surface area contributed by atoms with E-state index in [1.807, 2.05) is 0 Å². The molecule has 0 aliphatic heterocycles. The van der Waals surface area contributed by atoms with E-state index in [1.165, 1.54) is 55.6 Å². The average molecular weight is 801 g/mol. The maximum absolute atomic E-state index is 4.37. The second kappa shape index (κ2) is 12.1. The summed E-state index contributed by atoms with van der Waals surface area (Å²) in [4.78, 5) is 0. The maximum atomic E-state index is 2.84. The Morgan fingerprint density at radius 2 is 0.833 bits per heavy atom. The van der Waals surface area contributed by atoms with Crippen LogP contribution in [0.15, 0.2) is 158 Å². The molecule has 0 saturated heterocycles. The van der Waals surface area contributed by atoms with Gasteiger partial charge in [0, 0.05) is 0 Å². The van der Waals surface area contributed by atoms with Crippen LogP contribution in [0.4, 0.5) is 0 Å². The molecule has 2 aliphatic rings. The molecule has 0 radical (unpaired) electrons. The first-order chi connectivity index (χ1) is 23.3. The molecule has 8 rings (SSSR count). The summed E-state index contributed by atoms with van der Waals surface area (Å²) in [7, 11) is 0. The van der Waals surface area contributed by atoms with Gasteiger partial charge in [0.05, 0.1) is 0 Å². The third kappa shape index (κ3) is 5.04. The fourth-order valence-electron chi connectivity index (χ4n) is 8.98. The van der Waals surface area contributed by atoms with Crippen LogP contribution in [-0.2, 0) is 17.1 Å². The molecule has 2 atom stereocenters. The van der Waals surface area contributed by atoms with Crippen molar-refractivity contribution in [3.63, 3.8) is 0 Å². The quantitative estimate of drug-likeness (QED) is 0.147. The molecule has 6 aromatic carbocycles. The molecule has 0 nitrogen and oxygen atoms in total. The van der Waals surface area contributed by atoms with Gasteiger partial charge in [-0.1, -0.05) is 0 Å². The van der Waals surface area contributed by atoms with Crippen LogP contribution in [0, 0.1) is 13.8 Å². The van der Waals surface area contributed by atoms with E-state index in [4.69, 9.17) is 0 Å². The van der Waals surface area contributed by atoms with E-state index in [0.29, 0.717) is 7.35 Å². The Balaban J connectivity index is 1.44. The van der Waals surface area contributed by atoms with E-state index >= 15 is 0 Å². The molecule has 0 N–H and O–H groups in total. The normalized spacial score (nSPS) is 16.5. The van der Waals surface area contributed by atoms with Crippen molar-refractivity contribution in [3.8, 4) is 22.3 Å². The minimum atomic E-state index is -4.37. The zero-order valence-corrected chi connectivity index (χ0v) is 32.9. The molecule has 0 fully saturated rings. The van der Waals surface area contributed by atoms with E-state index in [-0.39, 0.29) is 0 Å². The van der Waals surface area contributed by atoms with Crippen molar-refractivity contribution < 1.29 is 17.1 Å². The number of rotatable bonds is 6. The molecule has 0 saturated carbocycles. The summed E-state index contributed by atoms with van der Waals surface area (Å²) in [6, 6.07) is 55.5. The van der Waals surface area contributed by atoms with Crippen molar-refractivity contribution in [2.24, 2.45) is 0 Å². The monoisotopic (exact) mass is 802 g/mol. The Hall–Kier alpha value is -4.11. The fourth-order valence-corrected chi connectivity index (χ4v) is 61.9. The molecule has 48 heavy (non-hydrogen) atoms. The van der Waals surface area contributed by atoms with Gasteiger partial charge in [-0.3, -0.25) is 0 Å². The number of aryl methyl sites for hydroxylation is 2. The molecule has 6 aromatic rings. The van der Waals surface area contributed by atoms with Gasteiger partial charge in [-0.25, -0.2) is 0 Å². The van der Waals surface area contributed by atoms with Crippen molar-refractivity contribution in [2.45, 2.75) is 30.6 Å². The van der Waals surface area contributed by atoms with Crippen LogP contribution in [0.1, 0.15) is 40.7 Å². The zero-order chi connectivity index (χ0) is 32.9. The number of hydrogen-bond acceptors (Lipinski definition) is 0. The number of hydrogen-bond donors (Lipinski definition) is 0. The molecule has 0 bridgehead atoms. The summed E-state index contributed by atoms with van der Waals surface area (Å²) in [5.41, 5.74) is 12.5. The fraction of sp³-hybridized carbons (Fsp3) is 0.130. The van der Waals surface area contributed by atoms with Crippen molar-refractivity contribution in [2.75, 3.05) is 0 Å². The molecule has 0 spiro atoms. The van der Waals surface area contributed by atoms with Crippen LogP contribution >= 0.6 is 0 Å². The topological polar surface area (TPSA) is 0 Å². The molecular weight excluding hydrogens is 759 g/mol. The number of allylic oxidation sites excluding steroid dienone is 2. The van der Waals surface area contributed by atoms with Crippen LogP contribution in [0.5, 0.6) is 0 Å². The summed E-state index contributed by atoms with van der Waals surface area (Å²) in [5, 5.41) is 3.09. The Bertz CT molecular complexity index is 2130. The number of fused-ring (bicyclic) bond motifs is 2. The summed E-state index contributed by atoms with van der Waals surface area (Å²) in [6.07, 6.45) is 10.2. The van der Waals surface area contributed by atoms with Gasteiger partial charge in [0.15, 0.2) is 0 Å². The minimum absolute atomic E-state index is 0.403. The SMILES string of the molecule is Cc1ccc(-c2cccc3c2C=C[CH]3[Hf]([CH3])([CH3])([CH]2C=Cc3c(-c4ccc(C)cc4)cccc32)=[Si](c2ccccc2)c2ccccc2)cc1. The van der Waals surface area contributed by atoms with Crippen LogP contribution < -0.4 is 10.4 Å². The van der Waals surface area contributed by atoms with Gasteiger partial charge >= 0.3 is 289 Å². The van der Waals surface area contributed by atoms with Gasteiger partial charge in [-0.15, -0.1) is 0 Å². The molecule has 2 aliphatic carbocycles. The van der Waals surface area contributed by atoms with Gasteiger partial charge in [0.2, 0.25) is 0 Å². The van der Waals surface area contributed by atoms with Crippen molar-refractivity contribution in [3.05, 3.63) is 191 Å². The van der Waals surface area contributed by atoms with Gasteiger partial charge in [-0.05, 0) is 0 Å². The number of benzene rings is 6. The van der Waals surface area contributed by atoms with Crippen LogP contribution in [-0.4, -0.2) is 5.49 Å². The van der Waals surface area contributed by atoms with E-state index in [1.54, 1.807) is 10.4 Å². The molecule has 234 valence electrons. The van der Waals surface area contributed by atoms with Gasteiger partial charge in [-0.2, -0.15) is 0 Å². The first-order valence-electron chi connectivity index (χ1n) is 17.3. The molecular formula is C46H42HfSi. The molecule has 2 heteroatoms. The first-order valence-corrected chi connectivity index (χ1v) is 35.5. The standard InChI is InChI=1S/2C16H13.C12H10Si.2CH3.Hf/c2*1-12-8-10-14(11-9-12)16-7-3-5-13-4-2-6-15(13)16;1-3-7-11(8-4-1)13-12-9-5-2-6-10-12;;;/h2*2-11H,1H3;1-10H;2*1H3;. The summed E-state index contributed by atoms with van der Waals surface area (Å²) >= 11 is -4.37. The molecule has 2 unspecified atom stereocenters. The van der Waals surface area contributed by atoms with Crippen LogP contribution in [0.2, 0.25) is 9.36 Å².